The fourth-order valence-electron chi connectivity index (χ4n) is 1.85. The molecule has 72 valence electrons. The van der Waals surface area contributed by atoms with Crippen LogP contribution in [-0.2, 0) is 4.79 Å². The van der Waals surface area contributed by atoms with E-state index in [2.05, 4.69) is 5.32 Å². The second-order valence-electron chi connectivity index (χ2n) is 3.22. The molecule has 0 saturated heterocycles. The van der Waals surface area contributed by atoms with E-state index in [9.17, 15) is 4.79 Å². The number of carbonyl (C=O) groups is 1. The van der Waals surface area contributed by atoms with Crippen LogP contribution in [0.5, 0.6) is 0 Å². The van der Waals surface area contributed by atoms with Gasteiger partial charge in [-0.2, -0.15) is 0 Å². The Bertz CT molecular complexity index is 485. The van der Waals surface area contributed by atoms with Gasteiger partial charge in [-0.25, -0.2) is 0 Å². The van der Waals surface area contributed by atoms with Crippen molar-refractivity contribution in [1.82, 2.24) is 4.57 Å². The van der Waals surface area contributed by atoms with Crippen molar-refractivity contribution in [3.63, 3.8) is 0 Å². The Morgan fingerprint density at radius 1 is 1.36 bits per heavy atom. The van der Waals surface area contributed by atoms with Gasteiger partial charge in [0.25, 0.3) is 0 Å². The van der Waals surface area contributed by atoms with Gasteiger partial charge >= 0.3 is 0 Å². The molecule has 3 nitrogen and oxygen atoms in total. The highest BCUT2D eigenvalue weighted by Crippen LogP contribution is 2.27. The predicted octanol–water partition coefficient (Wildman–Crippen LogP) is 2.03. The maximum absolute atomic E-state index is 10.9. The lowest BCUT2D eigenvalue weighted by Crippen LogP contribution is -2.01. The summed E-state index contributed by atoms with van der Waals surface area (Å²) >= 11 is 0. The van der Waals surface area contributed by atoms with Crippen molar-refractivity contribution in [2.75, 3.05) is 12.4 Å². The third kappa shape index (κ3) is 1.02. The van der Waals surface area contributed by atoms with Crippen molar-refractivity contribution < 1.29 is 4.79 Å². The van der Waals surface area contributed by atoms with E-state index in [-0.39, 0.29) is 0 Å². The molecule has 14 heavy (non-hydrogen) atoms. The second kappa shape index (κ2) is 3.18. The molecule has 1 heterocycles. The number of hydrogen-bond acceptors (Lipinski definition) is 2. The van der Waals surface area contributed by atoms with Crippen molar-refractivity contribution in [3.8, 4) is 0 Å². The number of fused-ring (bicyclic) bond motifs is 1. The SMILES string of the molecule is CNc1c(C)c2ccccc2n1C=O. The minimum atomic E-state index is 0.834. The molecular weight excluding hydrogens is 176 g/mol. The fraction of sp³-hybridized carbons (Fsp3) is 0.182. The van der Waals surface area contributed by atoms with Gasteiger partial charge in [0.2, 0.25) is 6.41 Å². The summed E-state index contributed by atoms with van der Waals surface area (Å²) < 4.78 is 1.63. The van der Waals surface area contributed by atoms with E-state index in [4.69, 9.17) is 0 Å². The molecule has 0 bridgehead atoms. The molecule has 2 aromatic rings. The Morgan fingerprint density at radius 2 is 2.07 bits per heavy atom. The van der Waals surface area contributed by atoms with E-state index < -0.39 is 0 Å². The molecule has 1 aromatic carbocycles. The molecule has 0 saturated carbocycles. The molecule has 0 atom stereocenters. The summed E-state index contributed by atoms with van der Waals surface area (Å²) in [7, 11) is 1.82. The van der Waals surface area contributed by atoms with Crippen LogP contribution in [0.15, 0.2) is 24.3 Å². The van der Waals surface area contributed by atoms with Gasteiger partial charge in [-0.15, -0.1) is 0 Å². The Labute approximate surface area is 82.3 Å². The average molecular weight is 188 g/mol. The lowest BCUT2D eigenvalue weighted by atomic mass is 10.2. The van der Waals surface area contributed by atoms with Gasteiger partial charge in [-0.3, -0.25) is 9.36 Å². The maximum atomic E-state index is 10.9. The van der Waals surface area contributed by atoms with Crippen molar-refractivity contribution >= 4 is 23.1 Å². The Morgan fingerprint density at radius 3 is 2.71 bits per heavy atom. The van der Waals surface area contributed by atoms with E-state index in [0.717, 1.165) is 28.7 Å². The highest BCUT2D eigenvalue weighted by molar-refractivity contribution is 5.94. The summed E-state index contributed by atoms with van der Waals surface area (Å²) in [6.07, 6.45) is 0.834. The van der Waals surface area contributed by atoms with Crippen molar-refractivity contribution in [1.29, 1.82) is 0 Å². The Balaban J connectivity index is 2.91. The molecule has 2 rings (SSSR count). The second-order valence-corrected chi connectivity index (χ2v) is 3.22. The number of rotatable bonds is 2. The molecule has 0 aliphatic carbocycles. The minimum absolute atomic E-state index is 0.834. The van der Waals surface area contributed by atoms with Crippen LogP contribution in [0.2, 0.25) is 0 Å². The van der Waals surface area contributed by atoms with Gasteiger partial charge in [0.15, 0.2) is 0 Å². The zero-order chi connectivity index (χ0) is 10.1. The van der Waals surface area contributed by atoms with Crippen LogP contribution < -0.4 is 5.32 Å². The number of nitrogens with zero attached hydrogens (tertiary/aromatic N) is 1. The molecule has 3 heteroatoms. The monoisotopic (exact) mass is 188 g/mol. The van der Waals surface area contributed by atoms with Gasteiger partial charge in [0.1, 0.15) is 5.82 Å². The molecular formula is C11H12N2O. The Hall–Kier alpha value is -1.77. The summed E-state index contributed by atoms with van der Waals surface area (Å²) in [5, 5.41) is 4.15. The molecule has 1 aromatic heterocycles. The van der Waals surface area contributed by atoms with Crippen LogP contribution >= 0.6 is 0 Å². The third-order valence-electron chi connectivity index (χ3n) is 2.51. The highest BCUT2D eigenvalue weighted by atomic mass is 16.1. The molecule has 0 aliphatic heterocycles. The van der Waals surface area contributed by atoms with Crippen LogP contribution in [-0.4, -0.2) is 18.0 Å². The van der Waals surface area contributed by atoms with Crippen molar-refractivity contribution in [3.05, 3.63) is 29.8 Å². The zero-order valence-electron chi connectivity index (χ0n) is 8.24. The van der Waals surface area contributed by atoms with Crippen LogP contribution in [0, 0.1) is 6.92 Å². The van der Waals surface area contributed by atoms with Gasteiger partial charge in [-0.1, -0.05) is 18.2 Å². The summed E-state index contributed by atoms with van der Waals surface area (Å²) in [6.45, 7) is 2.01. The van der Waals surface area contributed by atoms with Crippen molar-refractivity contribution in [2.24, 2.45) is 0 Å². The Kier molecular flexibility index (Phi) is 2.00. The molecule has 0 amide bonds. The molecule has 1 N–H and O–H groups in total. The number of aromatic nitrogens is 1. The van der Waals surface area contributed by atoms with Crippen molar-refractivity contribution in [2.45, 2.75) is 6.92 Å². The van der Waals surface area contributed by atoms with Crippen LogP contribution in [0.4, 0.5) is 5.82 Å². The van der Waals surface area contributed by atoms with E-state index in [1.165, 1.54) is 0 Å². The number of para-hydroxylation sites is 1. The largest absolute Gasteiger partial charge is 0.374 e. The standard InChI is InChI=1S/C11H12N2O/c1-8-9-5-3-4-6-10(9)13(7-14)11(8)12-2/h3-7,12H,1-2H3. The first-order valence-corrected chi connectivity index (χ1v) is 4.52. The highest BCUT2D eigenvalue weighted by Gasteiger charge is 2.10. The lowest BCUT2D eigenvalue weighted by molar-refractivity contribution is 0.549. The van der Waals surface area contributed by atoms with Gasteiger partial charge in [0.05, 0.1) is 5.52 Å². The average Bonchev–Trinajstić information content (AvgIpc) is 2.51. The summed E-state index contributed by atoms with van der Waals surface area (Å²) in [5.74, 6) is 0.862. The first-order valence-electron chi connectivity index (χ1n) is 4.52. The molecule has 0 radical (unpaired) electrons. The van der Waals surface area contributed by atoms with E-state index >= 15 is 0 Å². The smallest absolute Gasteiger partial charge is 0.219 e. The maximum Gasteiger partial charge on any atom is 0.219 e. The number of anilines is 1. The number of hydrogen-bond donors (Lipinski definition) is 1. The quantitative estimate of drug-likeness (QED) is 0.732. The number of benzene rings is 1. The molecule has 0 fully saturated rings. The zero-order valence-corrected chi connectivity index (χ0v) is 8.24. The summed E-state index contributed by atoms with van der Waals surface area (Å²) in [4.78, 5) is 10.9. The van der Waals surface area contributed by atoms with E-state index in [1.807, 2.05) is 38.2 Å². The normalized spacial score (nSPS) is 10.4. The van der Waals surface area contributed by atoms with Gasteiger partial charge in [-0.05, 0) is 18.6 Å². The number of carbonyl (C=O) groups excluding carboxylic acids is 1. The van der Waals surface area contributed by atoms with Crippen LogP contribution in [0.3, 0.4) is 0 Å². The summed E-state index contributed by atoms with van der Waals surface area (Å²) in [5.41, 5.74) is 2.06. The lowest BCUT2D eigenvalue weighted by Gasteiger charge is -2.01. The van der Waals surface area contributed by atoms with Gasteiger partial charge < -0.3 is 5.32 Å². The first kappa shape index (κ1) is 8.81. The van der Waals surface area contributed by atoms with E-state index in [1.54, 1.807) is 4.57 Å². The molecule has 0 unspecified atom stereocenters. The topological polar surface area (TPSA) is 34.0 Å². The fourth-order valence-corrected chi connectivity index (χ4v) is 1.85. The van der Waals surface area contributed by atoms with Gasteiger partial charge in [0, 0.05) is 12.4 Å². The molecule has 0 aliphatic rings. The number of aryl methyl sites for hydroxylation is 1. The minimum Gasteiger partial charge on any atom is -0.374 e. The van der Waals surface area contributed by atoms with Crippen LogP contribution in [0.25, 0.3) is 10.9 Å². The number of nitrogens with one attached hydrogen (secondary N) is 1. The molecule has 0 spiro atoms. The van der Waals surface area contributed by atoms with Crippen LogP contribution in [0.1, 0.15) is 5.56 Å². The summed E-state index contributed by atoms with van der Waals surface area (Å²) in [6, 6.07) is 7.87. The predicted molar refractivity (Wildman–Crippen MR) is 58.4 cm³/mol. The third-order valence-corrected chi connectivity index (χ3v) is 2.51. The first-order chi connectivity index (χ1) is 6.79. The van der Waals surface area contributed by atoms with E-state index in [0.29, 0.717) is 0 Å².